The molecule has 2 heterocycles. The summed E-state index contributed by atoms with van der Waals surface area (Å²) in [6.45, 7) is 2.09. The maximum Gasteiger partial charge on any atom is 0.222 e. The van der Waals surface area contributed by atoms with Crippen molar-refractivity contribution in [3.63, 3.8) is 0 Å². The molecule has 1 aromatic heterocycles. The van der Waals surface area contributed by atoms with Gasteiger partial charge in [-0.1, -0.05) is 30.3 Å². The van der Waals surface area contributed by atoms with Crippen molar-refractivity contribution in [3.05, 3.63) is 52.5 Å². The van der Waals surface area contributed by atoms with Crippen LogP contribution in [0.5, 0.6) is 0 Å². The first-order valence-corrected chi connectivity index (χ1v) is 8.26. The zero-order valence-corrected chi connectivity index (χ0v) is 13.0. The molecule has 0 saturated carbocycles. The third kappa shape index (κ3) is 3.91. The minimum Gasteiger partial charge on any atom is -0.378 e. The number of amides is 1. The van der Waals surface area contributed by atoms with Crippen molar-refractivity contribution >= 4 is 17.2 Å². The lowest BCUT2D eigenvalue weighted by atomic mass is 10.1. The Bertz CT molecular complexity index is 583. The Balaban J connectivity index is 1.69. The minimum absolute atomic E-state index is 0.00653. The number of aromatic nitrogens is 1. The molecule has 2 N–H and O–H groups in total. The summed E-state index contributed by atoms with van der Waals surface area (Å²) in [7, 11) is 0. The third-order valence-corrected chi connectivity index (χ3v) is 4.41. The van der Waals surface area contributed by atoms with Gasteiger partial charge < -0.3 is 15.4 Å². The van der Waals surface area contributed by atoms with Gasteiger partial charge in [0.2, 0.25) is 5.91 Å². The van der Waals surface area contributed by atoms with Crippen molar-refractivity contribution in [1.82, 2.24) is 15.6 Å². The van der Waals surface area contributed by atoms with E-state index in [1.807, 2.05) is 35.7 Å². The maximum atomic E-state index is 12.4. The van der Waals surface area contributed by atoms with Crippen LogP contribution in [-0.2, 0) is 9.53 Å². The summed E-state index contributed by atoms with van der Waals surface area (Å²) in [5.41, 5.74) is 1.04. The molecule has 1 saturated heterocycles. The summed E-state index contributed by atoms with van der Waals surface area (Å²) >= 11 is 1.55. The van der Waals surface area contributed by atoms with Gasteiger partial charge in [-0.25, -0.2) is 4.98 Å². The van der Waals surface area contributed by atoms with Crippen molar-refractivity contribution in [3.8, 4) is 0 Å². The number of rotatable bonds is 5. The normalized spacial score (nSPS) is 19.5. The number of nitrogens with zero attached hydrogens (tertiary/aromatic N) is 1. The van der Waals surface area contributed by atoms with Gasteiger partial charge in [-0.05, 0) is 5.56 Å². The molecule has 0 spiro atoms. The summed E-state index contributed by atoms with van der Waals surface area (Å²) in [5, 5.41) is 9.22. The number of morpholine rings is 1. The SMILES string of the molecule is O=C(CC1COCCN1)NC(c1ccccc1)c1nccs1. The van der Waals surface area contributed by atoms with Gasteiger partial charge in [0.1, 0.15) is 11.0 Å². The van der Waals surface area contributed by atoms with E-state index in [0.29, 0.717) is 19.6 Å². The molecule has 0 bridgehead atoms. The van der Waals surface area contributed by atoms with Crippen molar-refractivity contribution in [2.24, 2.45) is 0 Å². The number of hydrogen-bond acceptors (Lipinski definition) is 5. The second kappa shape index (κ2) is 7.49. The lowest BCUT2D eigenvalue weighted by Crippen LogP contribution is -2.44. The first-order valence-electron chi connectivity index (χ1n) is 7.38. The molecule has 6 heteroatoms. The van der Waals surface area contributed by atoms with E-state index in [2.05, 4.69) is 15.6 Å². The Morgan fingerprint density at radius 2 is 2.32 bits per heavy atom. The van der Waals surface area contributed by atoms with E-state index in [0.717, 1.165) is 17.1 Å². The van der Waals surface area contributed by atoms with Crippen molar-refractivity contribution < 1.29 is 9.53 Å². The van der Waals surface area contributed by atoms with Crippen LogP contribution in [0.2, 0.25) is 0 Å². The summed E-state index contributed by atoms with van der Waals surface area (Å²) in [5.74, 6) is 0.00653. The third-order valence-electron chi connectivity index (χ3n) is 3.57. The molecule has 116 valence electrons. The molecular weight excluding hydrogens is 298 g/mol. The molecule has 1 aliphatic rings. The predicted molar refractivity (Wildman–Crippen MR) is 85.8 cm³/mol. The average molecular weight is 317 g/mol. The van der Waals surface area contributed by atoms with Crippen LogP contribution in [0.25, 0.3) is 0 Å². The standard InChI is InChI=1S/C16H19N3O2S/c20-14(10-13-11-21-8-6-17-13)19-15(16-18-7-9-22-16)12-4-2-1-3-5-12/h1-5,7,9,13,15,17H,6,8,10-11H2,(H,19,20). The lowest BCUT2D eigenvalue weighted by molar-refractivity contribution is -0.122. The second-order valence-electron chi connectivity index (χ2n) is 5.21. The van der Waals surface area contributed by atoms with Crippen LogP contribution in [0.15, 0.2) is 41.9 Å². The highest BCUT2D eigenvalue weighted by atomic mass is 32.1. The highest BCUT2D eigenvalue weighted by molar-refractivity contribution is 7.09. The number of nitrogens with one attached hydrogen (secondary N) is 2. The lowest BCUT2D eigenvalue weighted by Gasteiger charge is -2.24. The fourth-order valence-electron chi connectivity index (χ4n) is 2.50. The zero-order chi connectivity index (χ0) is 15.2. The Kier molecular flexibility index (Phi) is 5.15. The van der Waals surface area contributed by atoms with Gasteiger partial charge in [0.15, 0.2) is 0 Å². The molecule has 3 rings (SSSR count). The van der Waals surface area contributed by atoms with Gasteiger partial charge in [-0.2, -0.15) is 0 Å². The average Bonchev–Trinajstić information content (AvgIpc) is 3.08. The molecule has 2 aromatic rings. The van der Waals surface area contributed by atoms with Crippen LogP contribution in [0.3, 0.4) is 0 Å². The number of thiazole rings is 1. The Morgan fingerprint density at radius 3 is 3.00 bits per heavy atom. The quantitative estimate of drug-likeness (QED) is 0.881. The molecule has 0 radical (unpaired) electrons. The molecule has 1 amide bonds. The summed E-state index contributed by atoms with van der Waals surface area (Å²) in [6, 6.07) is 9.81. The van der Waals surface area contributed by atoms with Crippen LogP contribution in [0.4, 0.5) is 0 Å². The molecular formula is C16H19N3O2S. The Labute approximate surface area is 133 Å². The fraction of sp³-hybridized carbons (Fsp3) is 0.375. The maximum absolute atomic E-state index is 12.4. The number of hydrogen-bond donors (Lipinski definition) is 2. The van der Waals surface area contributed by atoms with Gasteiger partial charge >= 0.3 is 0 Å². The van der Waals surface area contributed by atoms with Gasteiger partial charge in [-0.15, -0.1) is 11.3 Å². The van der Waals surface area contributed by atoms with Crippen molar-refractivity contribution in [1.29, 1.82) is 0 Å². The monoisotopic (exact) mass is 317 g/mol. The highest BCUT2D eigenvalue weighted by Gasteiger charge is 2.22. The topological polar surface area (TPSA) is 63.2 Å². The molecule has 5 nitrogen and oxygen atoms in total. The fourth-order valence-corrected chi connectivity index (χ4v) is 3.22. The van der Waals surface area contributed by atoms with E-state index in [4.69, 9.17) is 4.74 Å². The van der Waals surface area contributed by atoms with Gasteiger partial charge in [0.05, 0.1) is 13.2 Å². The van der Waals surface area contributed by atoms with E-state index in [1.54, 1.807) is 17.5 Å². The summed E-state index contributed by atoms with van der Waals surface area (Å²) in [4.78, 5) is 16.7. The van der Waals surface area contributed by atoms with Crippen LogP contribution < -0.4 is 10.6 Å². The van der Waals surface area contributed by atoms with E-state index >= 15 is 0 Å². The summed E-state index contributed by atoms with van der Waals surface area (Å²) < 4.78 is 5.39. The summed E-state index contributed by atoms with van der Waals surface area (Å²) in [6.07, 6.45) is 2.17. The smallest absolute Gasteiger partial charge is 0.222 e. The van der Waals surface area contributed by atoms with Gasteiger partial charge in [-0.3, -0.25) is 4.79 Å². The highest BCUT2D eigenvalue weighted by Crippen LogP contribution is 2.23. The predicted octanol–water partition coefficient (Wildman–Crippen LogP) is 1.73. The van der Waals surface area contributed by atoms with Gasteiger partial charge in [0.25, 0.3) is 0 Å². The largest absolute Gasteiger partial charge is 0.378 e. The first kappa shape index (κ1) is 15.1. The molecule has 2 unspecified atom stereocenters. The zero-order valence-electron chi connectivity index (χ0n) is 12.2. The molecule has 22 heavy (non-hydrogen) atoms. The Hall–Kier alpha value is -1.76. The van der Waals surface area contributed by atoms with Crippen LogP contribution in [0, 0.1) is 0 Å². The van der Waals surface area contributed by atoms with E-state index in [-0.39, 0.29) is 18.0 Å². The molecule has 1 aromatic carbocycles. The molecule has 1 fully saturated rings. The first-order chi connectivity index (χ1) is 10.8. The van der Waals surface area contributed by atoms with Crippen molar-refractivity contribution in [2.45, 2.75) is 18.5 Å². The number of ether oxygens (including phenoxy) is 1. The molecule has 2 atom stereocenters. The number of benzene rings is 1. The van der Waals surface area contributed by atoms with Gasteiger partial charge in [0, 0.05) is 30.6 Å². The second-order valence-corrected chi connectivity index (χ2v) is 6.14. The van der Waals surface area contributed by atoms with Crippen LogP contribution in [0.1, 0.15) is 23.0 Å². The molecule has 0 aliphatic carbocycles. The van der Waals surface area contributed by atoms with E-state index in [9.17, 15) is 4.79 Å². The minimum atomic E-state index is -0.196. The van der Waals surface area contributed by atoms with Crippen LogP contribution >= 0.6 is 11.3 Å². The van der Waals surface area contributed by atoms with Crippen molar-refractivity contribution in [2.75, 3.05) is 19.8 Å². The van der Waals surface area contributed by atoms with E-state index < -0.39 is 0 Å². The van der Waals surface area contributed by atoms with E-state index in [1.165, 1.54) is 0 Å². The Morgan fingerprint density at radius 1 is 1.45 bits per heavy atom. The number of carbonyl (C=O) groups excluding carboxylic acids is 1. The molecule has 1 aliphatic heterocycles. The number of carbonyl (C=O) groups is 1. The van der Waals surface area contributed by atoms with Crippen LogP contribution in [-0.4, -0.2) is 36.7 Å².